The van der Waals surface area contributed by atoms with Crippen LogP contribution in [0.15, 0.2) is 53.6 Å². The van der Waals surface area contributed by atoms with Crippen LogP contribution < -0.4 is 10.2 Å². The van der Waals surface area contributed by atoms with E-state index in [0.29, 0.717) is 12.2 Å². The van der Waals surface area contributed by atoms with Gasteiger partial charge in [0.05, 0.1) is 17.7 Å². The minimum atomic E-state index is -0.514. The third-order valence-corrected chi connectivity index (χ3v) is 4.12. The Balaban J connectivity index is 1.76. The Morgan fingerprint density at radius 1 is 1.07 bits per heavy atom. The lowest BCUT2D eigenvalue weighted by atomic mass is 10.2. The number of carbonyl (C=O) groups is 1. The molecule has 0 aromatic heterocycles. The van der Waals surface area contributed by atoms with Crippen molar-refractivity contribution in [1.29, 1.82) is 0 Å². The van der Waals surface area contributed by atoms with Crippen LogP contribution in [0.4, 0.5) is 5.69 Å². The van der Waals surface area contributed by atoms with Gasteiger partial charge >= 0.3 is 0 Å². The zero-order valence-electron chi connectivity index (χ0n) is 16.0. The number of nitrogens with one attached hydrogen (secondary N) is 1. The highest BCUT2D eigenvalue weighted by molar-refractivity contribution is 5.95. The minimum absolute atomic E-state index is 0.0664. The van der Waals surface area contributed by atoms with Crippen LogP contribution in [0, 0.1) is 10.1 Å². The van der Waals surface area contributed by atoms with Crippen molar-refractivity contribution >= 4 is 17.8 Å². The number of ether oxygens (including phenoxy) is 1. The topological polar surface area (TPSA) is 93.8 Å². The van der Waals surface area contributed by atoms with E-state index in [0.717, 1.165) is 17.7 Å². The van der Waals surface area contributed by atoms with Gasteiger partial charge in [0.25, 0.3) is 11.6 Å². The molecule has 2 rings (SSSR count). The third-order valence-electron chi connectivity index (χ3n) is 4.12. The number of hydrogen-bond acceptors (Lipinski definition) is 5. The molecule has 0 aliphatic heterocycles. The second-order valence-electron chi connectivity index (χ2n) is 6.33. The molecule has 0 bridgehead atoms. The smallest absolute Gasteiger partial charge is 0.271 e. The van der Waals surface area contributed by atoms with Crippen LogP contribution in [0.3, 0.4) is 0 Å². The molecule has 2 aromatic rings. The molecule has 0 heterocycles. The number of rotatable bonds is 11. The summed E-state index contributed by atoms with van der Waals surface area (Å²) in [5, 5.41) is 14.5. The molecule has 0 aliphatic rings. The van der Waals surface area contributed by atoms with Crippen LogP contribution in [0.2, 0.25) is 0 Å². The average molecular weight is 383 g/mol. The van der Waals surface area contributed by atoms with E-state index in [9.17, 15) is 14.9 Å². The van der Waals surface area contributed by atoms with Crippen LogP contribution in [-0.2, 0) is 0 Å². The number of carbonyl (C=O) groups excluding carboxylic acids is 1. The molecule has 0 radical (unpaired) electrons. The molecule has 0 fully saturated rings. The van der Waals surface area contributed by atoms with E-state index in [4.69, 9.17) is 4.74 Å². The molecular weight excluding hydrogens is 358 g/mol. The van der Waals surface area contributed by atoms with E-state index >= 15 is 0 Å². The number of nitrogens with zero attached hydrogens (tertiary/aromatic N) is 2. The standard InChI is InChI=1S/C21H25N3O4/c1-2-3-4-5-6-15-28-20-13-7-17(8-14-20)16-22-23-21(25)18-9-11-19(12-10-18)24(26)27/h7-14,16H,2-6,15H2,1H3,(H,23,25). The molecule has 1 N–H and O–H groups in total. The normalized spacial score (nSPS) is 10.8. The maximum Gasteiger partial charge on any atom is 0.271 e. The van der Waals surface area contributed by atoms with E-state index in [-0.39, 0.29) is 5.69 Å². The fourth-order valence-corrected chi connectivity index (χ4v) is 2.51. The lowest BCUT2D eigenvalue weighted by molar-refractivity contribution is -0.384. The van der Waals surface area contributed by atoms with Crippen molar-refractivity contribution in [2.75, 3.05) is 6.61 Å². The van der Waals surface area contributed by atoms with Gasteiger partial charge in [0.15, 0.2) is 0 Å². The summed E-state index contributed by atoms with van der Waals surface area (Å²) in [7, 11) is 0. The van der Waals surface area contributed by atoms with Crippen molar-refractivity contribution in [1.82, 2.24) is 5.43 Å². The molecule has 0 unspecified atom stereocenters. The minimum Gasteiger partial charge on any atom is -0.494 e. The number of hydrazone groups is 1. The Hall–Kier alpha value is -3.22. The first kappa shape index (κ1) is 21.1. The van der Waals surface area contributed by atoms with Crippen molar-refractivity contribution in [3.05, 3.63) is 69.8 Å². The van der Waals surface area contributed by atoms with Gasteiger partial charge in [-0.05, 0) is 48.4 Å². The van der Waals surface area contributed by atoms with Crippen molar-refractivity contribution < 1.29 is 14.5 Å². The van der Waals surface area contributed by atoms with Gasteiger partial charge < -0.3 is 4.74 Å². The number of hydrogen-bond donors (Lipinski definition) is 1. The summed E-state index contributed by atoms with van der Waals surface area (Å²) >= 11 is 0. The molecule has 0 saturated carbocycles. The summed E-state index contributed by atoms with van der Waals surface area (Å²) in [6.45, 7) is 2.91. The van der Waals surface area contributed by atoms with Gasteiger partial charge in [-0.1, -0.05) is 32.6 Å². The lowest BCUT2D eigenvalue weighted by Gasteiger charge is -2.06. The highest BCUT2D eigenvalue weighted by Gasteiger charge is 2.08. The number of benzene rings is 2. The number of nitro groups is 1. The Bertz CT molecular complexity index is 786. The Labute approximate surface area is 164 Å². The number of nitro benzene ring substituents is 1. The van der Waals surface area contributed by atoms with E-state index < -0.39 is 10.8 Å². The predicted octanol–water partition coefficient (Wildman–Crippen LogP) is 4.71. The highest BCUT2D eigenvalue weighted by Crippen LogP contribution is 2.13. The van der Waals surface area contributed by atoms with Gasteiger partial charge in [-0.3, -0.25) is 14.9 Å². The Kier molecular flexibility index (Phi) is 8.65. The highest BCUT2D eigenvalue weighted by atomic mass is 16.6. The summed E-state index contributed by atoms with van der Waals surface area (Å²) in [5.74, 6) is 0.372. The second-order valence-corrected chi connectivity index (χ2v) is 6.33. The molecule has 0 saturated heterocycles. The van der Waals surface area contributed by atoms with Crippen LogP contribution in [0.5, 0.6) is 5.75 Å². The van der Waals surface area contributed by atoms with Gasteiger partial charge in [-0.15, -0.1) is 0 Å². The molecule has 0 atom stereocenters. The molecule has 148 valence electrons. The average Bonchev–Trinajstić information content (AvgIpc) is 2.71. The van der Waals surface area contributed by atoms with Crippen LogP contribution >= 0.6 is 0 Å². The van der Waals surface area contributed by atoms with Crippen LogP contribution in [-0.4, -0.2) is 23.7 Å². The maximum atomic E-state index is 12.0. The SMILES string of the molecule is CCCCCCCOc1ccc(C=NNC(=O)c2ccc([N+](=O)[O-])cc2)cc1. The van der Waals surface area contributed by atoms with Gasteiger partial charge in [0.2, 0.25) is 0 Å². The van der Waals surface area contributed by atoms with Gasteiger partial charge in [0.1, 0.15) is 5.75 Å². The maximum absolute atomic E-state index is 12.0. The van der Waals surface area contributed by atoms with Gasteiger partial charge in [-0.25, -0.2) is 5.43 Å². The second kappa shape index (κ2) is 11.5. The third kappa shape index (κ3) is 7.19. The zero-order chi connectivity index (χ0) is 20.2. The monoisotopic (exact) mass is 383 g/mol. The van der Waals surface area contributed by atoms with Crippen molar-refractivity contribution in [2.45, 2.75) is 39.0 Å². The van der Waals surface area contributed by atoms with Crippen molar-refractivity contribution in [2.24, 2.45) is 5.10 Å². The first-order chi connectivity index (χ1) is 13.6. The molecule has 2 aromatic carbocycles. The molecule has 0 aliphatic carbocycles. The van der Waals surface area contributed by atoms with E-state index in [1.165, 1.54) is 56.2 Å². The van der Waals surface area contributed by atoms with E-state index in [1.807, 2.05) is 24.3 Å². The molecule has 1 amide bonds. The Morgan fingerprint density at radius 3 is 2.39 bits per heavy atom. The lowest BCUT2D eigenvalue weighted by Crippen LogP contribution is -2.17. The first-order valence-electron chi connectivity index (χ1n) is 9.41. The predicted molar refractivity (Wildman–Crippen MR) is 109 cm³/mol. The van der Waals surface area contributed by atoms with E-state index in [2.05, 4.69) is 17.5 Å². The van der Waals surface area contributed by atoms with Crippen molar-refractivity contribution in [3.63, 3.8) is 0 Å². The number of amides is 1. The summed E-state index contributed by atoms with van der Waals surface area (Å²) in [5.41, 5.74) is 3.45. The fraction of sp³-hybridized carbons (Fsp3) is 0.333. The van der Waals surface area contributed by atoms with Gasteiger partial charge in [0, 0.05) is 17.7 Å². The summed E-state index contributed by atoms with van der Waals surface area (Å²) in [6.07, 6.45) is 7.52. The fourth-order valence-electron chi connectivity index (χ4n) is 2.51. The molecule has 7 heteroatoms. The van der Waals surface area contributed by atoms with Crippen molar-refractivity contribution in [3.8, 4) is 5.75 Å². The summed E-state index contributed by atoms with van der Waals surface area (Å²) < 4.78 is 5.71. The first-order valence-corrected chi connectivity index (χ1v) is 9.41. The molecule has 7 nitrogen and oxygen atoms in total. The Morgan fingerprint density at radius 2 is 1.75 bits per heavy atom. The van der Waals surface area contributed by atoms with Gasteiger partial charge in [-0.2, -0.15) is 5.10 Å². The molecule has 0 spiro atoms. The number of unbranched alkanes of at least 4 members (excludes halogenated alkanes) is 4. The van der Waals surface area contributed by atoms with Crippen LogP contribution in [0.1, 0.15) is 54.9 Å². The molecular formula is C21H25N3O4. The number of non-ortho nitro benzene ring substituents is 1. The quantitative estimate of drug-likeness (QED) is 0.263. The summed E-state index contributed by atoms with van der Waals surface area (Å²) in [6, 6.07) is 12.8. The van der Waals surface area contributed by atoms with Crippen LogP contribution in [0.25, 0.3) is 0 Å². The largest absolute Gasteiger partial charge is 0.494 e. The van der Waals surface area contributed by atoms with E-state index in [1.54, 1.807) is 0 Å². The zero-order valence-corrected chi connectivity index (χ0v) is 16.0. The summed E-state index contributed by atoms with van der Waals surface area (Å²) in [4.78, 5) is 22.1. The molecule has 28 heavy (non-hydrogen) atoms.